The second-order valence-electron chi connectivity index (χ2n) is 4.61. The highest BCUT2D eigenvalue weighted by Crippen LogP contribution is 2.09. The van der Waals surface area contributed by atoms with E-state index in [0.29, 0.717) is 6.61 Å². The lowest BCUT2D eigenvalue weighted by Crippen LogP contribution is -2.36. The first-order chi connectivity index (χ1) is 10.3. The van der Waals surface area contributed by atoms with Gasteiger partial charge in [-0.25, -0.2) is 0 Å². The highest BCUT2D eigenvalue weighted by Gasteiger charge is 2.03. The van der Waals surface area contributed by atoms with E-state index in [1.807, 2.05) is 12.1 Å². The van der Waals surface area contributed by atoms with Crippen molar-refractivity contribution in [3.05, 3.63) is 57.8 Å². The molecule has 120 valence electrons. The molecule has 0 aliphatic carbocycles. The van der Waals surface area contributed by atoms with Crippen molar-refractivity contribution in [1.82, 2.24) is 10.6 Å². The minimum atomic E-state index is 0. The van der Waals surface area contributed by atoms with E-state index in [4.69, 9.17) is 4.74 Å². The first kappa shape index (κ1) is 18.9. The molecule has 2 rings (SSSR count). The molecule has 0 fully saturated rings. The lowest BCUT2D eigenvalue weighted by atomic mass is 10.1. The highest BCUT2D eigenvalue weighted by atomic mass is 127. The van der Waals surface area contributed by atoms with Gasteiger partial charge in [0.05, 0.1) is 6.61 Å². The Hall–Kier alpha value is -1.12. The van der Waals surface area contributed by atoms with Crippen molar-refractivity contribution in [1.29, 1.82) is 0 Å². The number of hydrogen-bond donors (Lipinski definition) is 2. The molecule has 0 bridgehead atoms. The number of rotatable bonds is 6. The van der Waals surface area contributed by atoms with Crippen molar-refractivity contribution in [3.8, 4) is 0 Å². The van der Waals surface area contributed by atoms with Crippen LogP contribution in [0, 0.1) is 0 Å². The zero-order chi connectivity index (χ0) is 14.9. The van der Waals surface area contributed by atoms with Crippen molar-refractivity contribution >= 4 is 41.3 Å². The molecule has 2 N–H and O–H groups in total. The van der Waals surface area contributed by atoms with Gasteiger partial charge in [-0.15, -0.1) is 24.0 Å². The standard InChI is InChI=1S/C16H21N3OS.HI/c1-17-16(18-9-13-7-8-21-12-13)19-10-14-5-3-4-6-15(14)11-20-2;/h3-8,12H,9-11H2,1-2H3,(H2,17,18,19);1H. The van der Waals surface area contributed by atoms with E-state index in [0.717, 1.165) is 19.0 Å². The highest BCUT2D eigenvalue weighted by molar-refractivity contribution is 14.0. The number of ether oxygens (including phenoxy) is 1. The smallest absolute Gasteiger partial charge is 0.191 e. The van der Waals surface area contributed by atoms with Crippen LogP contribution < -0.4 is 10.6 Å². The van der Waals surface area contributed by atoms with Gasteiger partial charge in [0.25, 0.3) is 0 Å². The summed E-state index contributed by atoms with van der Waals surface area (Å²) in [6.07, 6.45) is 0. The number of aliphatic imine (C=N–C) groups is 1. The van der Waals surface area contributed by atoms with Gasteiger partial charge in [-0.1, -0.05) is 24.3 Å². The number of methoxy groups -OCH3 is 1. The molecule has 1 aromatic heterocycles. The Balaban J connectivity index is 0.00000242. The average molecular weight is 431 g/mol. The molecule has 0 saturated heterocycles. The maximum atomic E-state index is 5.23. The molecule has 0 spiro atoms. The van der Waals surface area contributed by atoms with Crippen molar-refractivity contribution < 1.29 is 4.74 Å². The topological polar surface area (TPSA) is 45.7 Å². The van der Waals surface area contributed by atoms with Gasteiger partial charge >= 0.3 is 0 Å². The Morgan fingerprint density at radius 1 is 1.14 bits per heavy atom. The van der Waals surface area contributed by atoms with E-state index in [-0.39, 0.29) is 24.0 Å². The third-order valence-electron chi connectivity index (χ3n) is 3.13. The number of benzene rings is 1. The third kappa shape index (κ3) is 5.94. The number of hydrogen-bond acceptors (Lipinski definition) is 3. The van der Waals surface area contributed by atoms with E-state index in [1.54, 1.807) is 25.5 Å². The Morgan fingerprint density at radius 3 is 2.50 bits per heavy atom. The lowest BCUT2D eigenvalue weighted by Gasteiger charge is -2.13. The van der Waals surface area contributed by atoms with Crippen molar-refractivity contribution in [3.63, 3.8) is 0 Å². The summed E-state index contributed by atoms with van der Waals surface area (Å²) in [6.45, 7) is 2.13. The monoisotopic (exact) mass is 431 g/mol. The van der Waals surface area contributed by atoms with Gasteiger partial charge < -0.3 is 15.4 Å². The molecule has 4 nitrogen and oxygen atoms in total. The summed E-state index contributed by atoms with van der Waals surface area (Å²) in [6, 6.07) is 10.4. The van der Waals surface area contributed by atoms with E-state index < -0.39 is 0 Å². The molecular weight excluding hydrogens is 409 g/mol. The van der Waals surface area contributed by atoms with Gasteiger partial charge in [0.2, 0.25) is 0 Å². The first-order valence-corrected chi connectivity index (χ1v) is 7.79. The molecule has 0 saturated carbocycles. The van der Waals surface area contributed by atoms with Crippen LogP contribution in [0.2, 0.25) is 0 Å². The van der Waals surface area contributed by atoms with Gasteiger partial charge in [0, 0.05) is 27.2 Å². The van der Waals surface area contributed by atoms with Gasteiger partial charge in [-0.05, 0) is 33.5 Å². The Kier molecular flexibility index (Phi) is 9.10. The fraction of sp³-hybridized carbons (Fsp3) is 0.312. The van der Waals surface area contributed by atoms with Gasteiger partial charge in [0.15, 0.2) is 5.96 Å². The zero-order valence-electron chi connectivity index (χ0n) is 12.8. The summed E-state index contributed by atoms with van der Waals surface area (Å²) in [5.74, 6) is 0.799. The maximum absolute atomic E-state index is 5.23. The number of nitrogens with zero attached hydrogens (tertiary/aromatic N) is 1. The minimum Gasteiger partial charge on any atom is -0.380 e. The fourth-order valence-electron chi connectivity index (χ4n) is 2.00. The normalized spacial score (nSPS) is 10.9. The minimum absolute atomic E-state index is 0. The zero-order valence-corrected chi connectivity index (χ0v) is 16.0. The van der Waals surface area contributed by atoms with Crippen LogP contribution >= 0.6 is 35.3 Å². The molecule has 0 radical (unpaired) electrons. The Bertz CT molecular complexity index is 573. The second kappa shape index (κ2) is 10.6. The molecule has 0 aliphatic rings. The van der Waals surface area contributed by atoms with E-state index in [2.05, 4.69) is 44.6 Å². The second-order valence-corrected chi connectivity index (χ2v) is 5.39. The molecule has 2 aromatic rings. The van der Waals surface area contributed by atoms with Gasteiger partial charge in [-0.2, -0.15) is 11.3 Å². The third-order valence-corrected chi connectivity index (χ3v) is 3.86. The molecule has 22 heavy (non-hydrogen) atoms. The SMILES string of the molecule is CN=C(NCc1ccsc1)NCc1ccccc1COC.I. The average Bonchev–Trinajstić information content (AvgIpc) is 3.02. The van der Waals surface area contributed by atoms with Crippen LogP contribution in [0.25, 0.3) is 0 Å². The van der Waals surface area contributed by atoms with Crippen molar-refractivity contribution in [2.75, 3.05) is 14.2 Å². The molecule has 1 heterocycles. The molecule has 0 unspecified atom stereocenters. The first-order valence-electron chi connectivity index (χ1n) is 6.84. The van der Waals surface area contributed by atoms with E-state index >= 15 is 0 Å². The van der Waals surface area contributed by atoms with Crippen LogP contribution in [0.15, 0.2) is 46.1 Å². The van der Waals surface area contributed by atoms with Crippen molar-refractivity contribution in [2.24, 2.45) is 4.99 Å². The summed E-state index contributed by atoms with van der Waals surface area (Å²) in [5, 5.41) is 10.9. The number of nitrogens with one attached hydrogen (secondary N) is 2. The molecule has 6 heteroatoms. The Labute approximate surface area is 153 Å². The lowest BCUT2D eigenvalue weighted by molar-refractivity contribution is 0.184. The van der Waals surface area contributed by atoms with Crippen LogP contribution in [0.1, 0.15) is 16.7 Å². The molecular formula is C16H22IN3OS. The summed E-state index contributed by atoms with van der Waals surface area (Å²) >= 11 is 1.70. The predicted octanol–water partition coefficient (Wildman–Crippen LogP) is 3.38. The summed E-state index contributed by atoms with van der Waals surface area (Å²) < 4.78 is 5.23. The van der Waals surface area contributed by atoms with Crippen LogP contribution in [-0.4, -0.2) is 20.1 Å². The Morgan fingerprint density at radius 2 is 1.86 bits per heavy atom. The van der Waals surface area contributed by atoms with Crippen molar-refractivity contribution in [2.45, 2.75) is 19.7 Å². The number of thiophene rings is 1. The van der Waals surface area contributed by atoms with Crippen LogP contribution in [0.3, 0.4) is 0 Å². The molecule has 0 aliphatic heterocycles. The number of halogens is 1. The quantitative estimate of drug-likeness (QED) is 0.419. The largest absolute Gasteiger partial charge is 0.380 e. The summed E-state index contributed by atoms with van der Waals surface area (Å²) in [5.41, 5.74) is 3.68. The molecule has 0 amide bonds. The van der Waals surface area contributed by atoms with Crippen LogP contribution in [-0.2, 0) is 24.4 Å². The van der Waals surface area contributed by atoms with Gasteiger partial charge in [-0.3, -0.25) is 4.99 Å². The number of guanidine groups is 1. The maximum Gasteiger partial charge on any atom is 0.191 e. The fourth-order valence-corrected chi connectivity index (χ4v) is 2.67. The van der Waals surface area contributed by atoms with Gasteiger partial charge in [0.1, 0.15) is 0 Å². The van der Waals surface area contributed by atoms with E-state index in [9.17, 15) is 0 Å². The predicted molar refractivity (Wildman–Crippen MR) is 104 cm³/mol. The molecule has 1 aromatic carbocycles. The summed E-state index contributed by atoms with van der Waals surface area (Å²) in [4.78, 5) is 4.24. The molecule has 0 atom stereocenters. The summed E-state index contributed by atoms with van der Waals surface area (Å²) in [7, 11) is 3.50. The van der Waals surface area contributed by atoms with Crippen LogP contribution in [0.4, 0.5) is 0 Å². The van der Waals surface area contributed by atoms with Crippen LogP contribution in [0.5, 0.6) is 0 Å². The van der Waals surface area contributed by atoms with E-state index in [1.165, 1.54) is 16.7 Å².